The van der Waals surface area contributed by atoms with E-state index in [1.807, 2.05) is 19.2 Å². The van der Waals surface area contributed by atoms with Gasteiger partial charge < -0.3 is 15.7 Å². The standard InChI is InChI=1S/C11H16N2O/c1-12-6-5-8-7-13-9-3-2-4-10(14)11(8)9/h2-4,8,12-14H,5-7H2,1H3. The Bertz CT molecular complexity index is 325. The van der Waals surface area contributed by atoms with Crippen molar-refractivity contribution in [2.45, 2.75) is 12.3 Å². The molecular weight excluding hydrogens is 176 g/mol. The Hall–Kier alpha value is -1.22. The summed E-state index contributed by atoms with van der Waals surface area (Å²) in [6.07, 6.45) is 1.06. The van der Waals surface area contributed by atoms with Crippen molar-refractivity contribution in [3.63, 3.8) is 0 Å². The molecule has 3 heteroatoms. The molecule has 0 aromatic heterocycles. The van der Waals surface area contributed by atoms with Gasteiger partial charge in [0, 0.05) is 23.7 Å². The average molecular weight is 192 g/mol. The van der Waals surface area contributed by atoms with E-state index in [1.165, 1.54) is 0 Å². The van der Waals surface area contributed by atoms with Crippen LogP contribution in [0.2, 0.25) is 0 Å². The van der Waals surface area contributed by atoms with Crippen molar-refractivity contribution < 1.29 is 5.11 Å². The van der Waals surface area contributed by atoms with Crippen LogP contribution in [0.4, 0.5) is 5.69 Å². The van der Waals surface area contributed by atoms with Gasteiger partial charge in [-0.25, -0.2) is 0 Å². The number of rotatable bonds is 3. The van der Waals surface area contributed by atoms with Crippen LogP contribution >= 0.6 is 0 Å². The summed E-state index contributed by atoms with van der Waals surface area (Å²) in [7, 11) is 1.95. The van der Waals surface area contributed by atoms with Crippen molar-refractivity contribution in [2.75, 3.05) is 25.5 Å². The van der Waals surface area contributed by atoms with E-state index < -0.39 is 0 Å². The number of hydrogen-bond donors (Lipinski definition) is 3. The smallest absolute Gasteiger partial charge is 0.121 e. The first-order valence-corrected chi connectivity index (χ1v) is 5.03. The summed E-state index contributed by atoms with van der Waals surface area (Å²) < 4.78 is 0. The topological polar surface area (TPSA) is 44.3 Å². The molecule has 0 fully saturated rings. The molecule has 0 amide bonds. The van der Waals surface area contributed by atoms with E-state index in [9.17, 15) is 5.11 Å². The Balaban J connectivity index is 2.20. The molecule has 1 aromatic carbocycles. The molecule has 0 spiro atoms. The van der Waals surface area contributed by atoms with Crippen LogP contribution in [-0.4, -0.2) is 25.2 Å². The Morgan fingerprint density at radius 3 is 3.21 bits per heavy atom. The van der Waals surface area contributed by atoms with Gasteiger partial charge in [-0.2, -0.15) is 0 Å². The van der Waals surface area contributed by atoms with Gasteiger partial charge in [0.2, 0.25) is 0 Å². The summed E-state index contributed by atoms with van der Waals surface area (Å²) in [5.41, 5.74) is 2.17. The summed E-state index contributed by atoms with van der Waals surface area (Å²) in [6, 6.07) is 5.66. The molecule has 1 atom stereocenters. The molecule has 0 bridgehead atoms. The van der Waals surface area contributed by atoms with Crippen LogP contribution in [0.5, 0.6) is 5.75 Å². The molecule has 0 saturated carbocycles. The van der Waals surface area contributed by atoms with Gasteiger partial charge in [0.15, 0.2) is 0 Å². The maximum Gasteiger partial charge on any atom is 0.121 e. The Morgan fingerprint density at radius 2 is 2.43 bits per heavy atom. The maximum atomic E-state index is 9.74. The second-order valence-electron chi connectivity index (χ2n) is 3.71. The molecule has 0 aliphatic carbocycles. The fraction of sp³-hybridized carbons (Fsp3) is 0.455. The summed E-state index contributed by atoms with van der Waals surface area (Å²) in [6.45, 7) is 1.93. The first kappa shape index (κ1) is 9.34. The van der Waals surface area contributed by atoms with E-state index in [1.54, 1.807) is 6.07 Å². The lowest BCUT2D eigenvalue weighted by molar-refractivity contribution is 0.462. The molecule has 3 nitrogen and oxygen atoms in total. The van der Waals surface area contributed by atoms with Gasteiger partial charge >= 0.3 is 0 Å². The van der Waals surface area contributed by atoms with Crippen molar-refractivity contribution in [1.82, 2.24) is 5.32 Å². The zero-order valence-electron chi connectivity index (χ0n) is 8.38. The lowest BCUT2D eigenvalue weighted by atomic mass is 9.97. The van der Waals surface area contributed by atoms with Gasteiger partial charge in [0.05, 0.1) is 0 Å². The Labute approximate surface area is 84.1 Å². The molecule has 1 aromatic rings. The van der Waals surface area contributed by atoms with Gasteiger partial charge in [-0.15, -0.1) is 0 Å². The Morgan fingerprint density at radius 1 is 1.57 bits per heavy atom. The molecular formula is C11H16N2O. The second-order valence-corrected chi connectivity index (χ2v) is 3.71. The minimum Gasteiger partial charge on any atom is -0.508 e. The lowest BCUT2D eigenvalue weighted by Crippen LogP contribution is -2.13. The minimum atomic E-state index is 0.425. The first-order chi connectivity index (χ1) is 6.83. The molecule has 1 unspecified atom stereocenters. The molecule has 0 radical (unpaired) electrons. The van der Waals surface area contributed by atoms with E-state index in [0.717, 1.165) is 30.8 Å². The second kappa shape index (κ2) is 3.88. The van der Waals surface area contributed by atoms with Crippen molar-refractivity contribution in [2.24, 2.45) is 0 Å². The Kier molecular flexibility index (Phi) is 2.59. The molecule has 1 aliphatic rings. The van der Waals surface area contributed by atoms with Crippen LogP contribution in [0.25, 0.3) is 0 Å². The van der Waals surface area contributed by atoms with Crippen LogP contribution < -0.4 is 10.6 Å². The predicted molar refractivity (Wildman–Crippen MR) is 57.9 cm³/mol. The summed E-state index contributed by atoms with van der Waals surface area (Å²) in [5, 5.41) is 16.2. The molecule has 0 saturated heterocycles. The van der Waals surface area contributed by atoms with Crippen LogP contribution in [0, 0.1) is 0 Å². The predicted octanol–water partition coefficient (Wildman–Crippen LogP) is 1.51. The zero-order chi connectivity index (χ0) is 9.97. The SMILES string of the molecule is CNCCC1CNc2cccc(O)c21. The monoisotopic (exact) mass is 192 g/mol. The number of aromatic hydroxyl groups is 1. The van der Waals surface area contributed by atoms with Gasteiger partial charge in [-0.05, 0) is 32.1 Å². The molecule has 76 valence electrons. The van der Waals surface area contributed by atoms with Crippen LogP contribution in [-0.2, 0) is 0 Å². The van der Waals surface area contributed by atoms with Crippen LogP contribution in [0.15, 0.2) is 18.2 Å². The summed E-state index contributed by atoms with van der Waals surface area (Å²) in [4.78, 5) is 0. The molecule has 1 aliphatic heterocycles. The molecule has 3 N–H and O–H groups in total. The van der Waals surface area contributed by atoms with Gasteiger partial charge in [0.25, 0.3) is 0 Å². The lowest BCUT2D eigenvalue weighted by Gasteiger charge is -2.10. The van der Waals surface area contributed by atoms with E-state index in [4.69, 9.17) is 0 Å². The number of benzene rings is 1. The number of nitrogens with one attached hydrogen (secondary N) is 2. The molecule has 1 heterocycles. The number of fused-ring (bicyclic) bond motifs is 1. The molecule has 14 heavy (non-hydrogen) atoms. The number of anilines is 1. The quantitative estimate of drug-likeness (QED) is 0.680. The van der Waals surface area contributed by atoms with Gasteiger partial charge in [-0.1, -0.05) is 6.07 Å². The van der Waals surface area contributed by atoms with E-state index in [2.05, 4.69) is 10.6 Å². The van der Waals surface area contributed by atoms with Crippen molar-refractivity contribution in [3.05, 3.63) is 23.8 Å². The van der Waals surface area contributed by atoms with Gasteiger partial charge in [-0.3, -0.25) is 0 Å². The number of phenols is 1. The minimum absolute atomic E-state index is 0.425. The normalized spacial score (nSPS) is 19.1. The molecule has 2 rings (SSSR count). The third kappa shape index (κ3) is 1.55. The summed E-state index contributed by atoms with van der Waals surface area (Å²) in [5.74, 6) is 0.868. The van der Waals surface area contributed by atoms with E-state index in [0.29, 0.717) is 11.7 Å². The van der Waals surface area contributed by atoms with Crippen molar-refractivity contribution in [3.8, 4) is 5.75 Å². The van der Waals surface area contributed by atoms with Crippen molar-refractivity contribution >= 4 is 5.69 Å². The van der Waals surface area contributed by atoms with E-state index >= 15 is 0 Å². The maximum absolute atomic E-state index is 9.74. The average Bonchev–Trinajstić information content (AvgIpc) is 2.59. The number of phenolic OH excluding ortho intramolecular Hbond substituents is 1. The number of hydrogen-bond acceptors (Lipinski definition) is 3. The first-order valence-electron chi connectivity index (χ1n) is 5.03. The fourth-order valence-electron chi connectivity index (χ4n) is 2.04. The highest BCUT2D eigenvalue weighted by Crippen LogP contribution is 2.39. The van der Waals surface area contributed by atoms with Crippen LogP contribution in [0.3, 0.4) is 0 Å². The zero-order valence-corrected chi connectivity index (χ0v) is 8.38. The largest absolute Gasteiger partial charge is 0.508 e. The fourth-order valence-corrected chi connectivity index (χ4v) is 2.04. The summed E-state index contributed by atoms with van der Waals surface area (Å²) >= 11 is 0. The van der Waals surface area contributed by atoms with Gasteiger partial charge in [0.1, 0.15) is 5.75 Å². The highest BCUT2D eigenvalue weighted by Gasteiger charge is 2.24. The third-order valence-electron chi connectivity index (χ3n) is 2.77. The highest BCUT2D eigenvalue weighted by molar-refractivity contribution is 5.62. The third-order valence-corrected chi connectivity index (χ3v) is 2.77. The van der Waals surface area contributed by atoms with E-state index in [-0.39, 0.29) is 0 Å². The van der Waals surface area contributed by atoms with Crippen LogP contribution in [0.1, 0.15) is 17.9 Å². The highest BCUT2D eigenvalue weighted by atomic mass is 16.3. The van der Waals surface area contributed by atoms with Crippen molar-refractivity contribution in [1.29, 1.82) is 0 Å².